The van der Waals surface area contributed by atoms with Crippen molar-refractivity contribution in [2.24, 2.45) is 0 Å². The van der Waals surface area contributed by atoms with Gasteiger partial charge in [-0.05, 0) is 47.2 Å². The predicted octanol–water partition coefficient (Wildman–Crippen LogP) is 2.95. The molecular weight excluding hydrogens is 367 g/mol. The summed E-state index contributed by atoms with van der Waals surface area (Å²) in [5.41, 5.74) is 4.92. The van der Waals surface area contributed by atoms with Crippen LogP contribution in [0, 0.1) is 5.82 Å². The van der Waals surface area contributed by atoms with Gasteiger partial charge >= 0.3 is 0 Å². The third-order valence-electron chi connectivity index (χ3n) is 6.81. The van der Waals surface area contributed by atoms with E-state index in [1.807, 2.05) is 6.07 Å². The average molecular weight is 397 g/mol. The molecule has 2 heterocycles. The normalized spacial score (nSPS) is 27.2. The maximum atomic E-state index is 14.1. The number of piperazine rings is 1. The Balaban J connectivity index is 1.36. The molecule has 1 aliphatic carbocycles. The number of halogens is 1. The van der Waals surface area contributed by atoms with Crippen molar-refractivity contribution in [1.29, 1.82) is 0 Å². The summed E-state index contributed by atoms with van der Waals surface area (Å²) < 4.78 is 20.7. The first-order chi connectivity index (χ1) is 14.2. The molecule has 0 radical (unpaired) electrons. The molecule has 0 spiro atoms. The average Bonchev–Trinajstić information content (AvgIpc) is 3.10. The summed E-state index contributed by atoms with van der Waals surface area (Å²) in [6, 6.07) is 13.8. The fraction of sp³-hybridized carbons (Fsp3) is 0.500. The summed E-state index contributed by atoms with van der Waals surface area (Å²) in [6.07, 6.45) is 1.93. The van der Waals surface area contributed by atoms with E-state index in [-0.39, 0.29) is 30.5 Å². The molecular formula is C24H29FN2O2. The van der Waals surface area contributed by atoms with Crippen molar-refractivity contribution in [2.45, 2.75) is 31.0 Å². The smallest absolute Gasteiger partial charge is 0.123 e. The highest BCUT2D eigenvalue weighted by atomic mass is 19.1. The highest BCUT2D eigenvalue weighted by Gasteiger charge is 2.41. The molecule has 2 aromatic carbocycles. The molecule has 0 unspecified atom stereocenters. The zero-order valence-corrected chi connectivity index (χ0v) is 16.8. The molecule has 2 aliphatic heterocycles. The largest absolute Gasteiger partial charge is 0.395 e. The predicted molar refractivity (Wildman–Crippen MR) is 111 cm³/mol. The molecule has 4 nitrogen and oxygen atoms in total. The van der Waals surface area contributed by atoms with Gasteiger partial charge < -0.3 is 9.84 Å². The van der Waals surface area contributed by atoms with E-state index in [9.17, 15) is 4.39 Å². The minimum absolute atomic E-state index is 0.0648. The number of nitrogens with zero attached hydrogens (tertiary/aromatic N) is 2. The lowest BCUT2D eigenvalue weighted by atomic mass is 9.87. The SMILES string of the molecule is OCCN1CCN(C[C@H]2C[C@@H]3c4ccccc4Cc4ccc(F)cc4[C@H]3O2)CC1. The van der Waals surface area contributed by atoms with Crippen molar-refractivity contribution < 1.29 is 14.2 Å². The summed E-state index contributed by atoms with van der Waals surface area (Å²) >= 11 is 0. The number of aliphatic hydroxyl groups is 1. The molecule has 0 bridgehead atoms. The van der Waals surface area contributed by atoms with Gasteiger partial charge in [-0.3, -0.25) is 9.80 Å². The Morgan fingerprint density at radius 3 is 2.55 bits per heavy atom. The van der Waals surface area contributed by atoms with Gasteiger partial charge in [0.15, 0.2) is 0 Å². The van der Waals surface area contributed by atoms with Crippen LogP contribution in [0.15, 0.2) is 42.5 Å². The first kappa shape index (κ1) is 19.2. The molecule has 154 valence electrons. The number of hydrogen-bond acceptors (Lipinski definition) is 4. The Kier molecular flexibility index (Phi) is 5.39. The van der Waals surface area contributed by atoms with Gasteiger partial charge in [-0.15, -0.1) is 0 Å². The van der Waals surface area contributed by atoms with Crippen molar-refractivity contribution in [1.82, 2.24) is 9.80 Å². The van der Waals surface area contributed by atoms with E-state index in [2.05, 4.69) is 34.1 Å². The zero-order chi connectivity index (χ0) is 19.8. The van der Waals surface area contributed by atoms with Gasteiger partial charge in [0.05, 0.1) is 18.8 Å². The van der Waals surface area contributed by atoms with E-state index in [0.717, 1.165) is 57.7 Å². The van der Waals surface area contributed by atoms with E-state index in [1.165, 1.54) is 16.7 Å². The lowest BCUT2D eigenvalue weighted by molar-refractivity contribution is 0.00787. The van der Waals surface area contributed by atoms with Crippen LogP contribution in [0.25, 0.3) is 0 Å². The van der Waals surface area contributed by atoms with E-state index in [1.54, 1.807) is 12.1 Å². The summed E-state index contributed by atoms with van der Waals surface area (Å²) in [7, 11) is 0. The zero-order valence-electron chi connectivity index (χ0n) is 16.8. The third kappa shape index (κ3) is 3.84. The molecule has 5 rings (SSSR count). The number of aliphatic hydroxyl groups excluding tert-OH is 1. The monoisotopic (exact) mass is 396 g/mol. The molecule has 1 N–H and O–H groups in total. The minimum atomic E-state index is -0.180. The van der Waals surface area contributed by atoms with Gasteiger partial charge in [0, 0.05) is 45.2 Å². The quantitative estimate of drug-likeness (QED) is 0.862. The summed E-state index contributed by atoms with van der Waals surface area (Å²) in [4.78, 5) is 4.79. The standard InChI is InChI=1S/C24H29FN2O2/c25-19-6-5-18-13-17-3-1-2-4-21(17)23-15-20(29-24(23)22(18)14-19)16-27-9-7-26(8-10-27)11-12-28/h1-6,14,20,23-24,28H,7-13,15-16H2/t20-,23-,24-/m1/s1. The fourth-order valence-electron chi connectivity index (χ4n) is 5.34. The molecule has 2 fully saturated rings. The fourth-order valence-corrected chi connectivity index (χ4v) is 5.34. The van der Waals surface area contributed by atoms with Gasteiger partial charge in [-0.1, -0.05) is 30.3 Å². The first-order valence-electron chi connectivity index (χ1n) is 10.8. The number of benzene rings is 2. The van der Waals surface area contributed by atoms with Crippen molar-refractivity contribution in [3.63, 3.8) is 0 Å². The third-order valence-corrected chi connectivity index (χ3v) is 6.81. The molecule has 2 saturated heterocycles. The molecule has 0 saturated carbocycles. The van der Waals surface area contributed by atoms with Crippen LogP contribution in [0.3, 0.4) is 0 Å². The molecule has 2 aromatic rings. The van der Waals surface area contributed by atoms with Crippen molar-refractivity contribution in [3.8, 4) is 0 Å². The second-order valence-electron chi connectivity index (χ2n) is 8.61. The number of fused-ring (bicyclic) bond motifs is 5. The minimum Gasteiger partial charge on any atom is -0.395 e. The highest BCUT2D eigenvalue weighted by Crippen LogP contribution is 2.49. The van der Waals surface area contributed by atoms with Crippen LogP contribution >= 0.6 is 0 Å². The second kappa shape index (κ2) is 8.15. The lowest BCUT2D eigenvalue weighted by Gasteiger charge is -2.35. The Morgan fingerprint density at radius 2 is 1.72 bits per heavy atom. The van der Waals surface area contributed by atoms with Crippen molar-refractivity contribution >= 4 is 0 Å². The maximum absolute atomic E-state index is 14.1. The van der Waals surface area contributed by atoms with Crippen molar-refractivity contribution in [2.75, 3.05) is 45.9 Å². The van der Waals surface area contributed by atoms with Crippen LogP contribution in [-0.4, -0.2) is 66.9 Å². The van der Waals surface area contributed by atoms with E-state index < -0.39 is 0 Å². The topological polar surface area (TPSA) is 35.9 Å². The van der Waals surface area contributed by atoms with Gasteiger partial charge in [-0.25, -0.2) is 4.39 Å². The van der Waals surface area contributed by atoms with Gasteiger partial charge in [0.2, 0.25) is 0 Å². The summed E-state index contributed by atoms with van der Waals surface area (Å²) in [6.45, 7) is 5.93. The number of β-amino-alcohol motifs (C(OH)–C–C–N with tert-alkyl or cyclic N) is 1. The summed E-state index contributed by atoms with van der Waals surface area (Å²) in [5, 5.41) is 9.13. The Bertz CT molecular complexity index is 866. The van der Waals surface area contributed by atoms with Gasteiger partial charge in [-0.2, -0.15) is 0 Å². The molecule has 29 heavy (non-hydrogen) atoms. The van der Waals surface area contributed by atoms with E-state index in [4.69, 9.17) is 9.84 Å². The van der Waals surface area contributed by atoms with E-state index in [0.29, 0.717) is 0 Å². The van der Waals surface area contributed by atoms with E-state index >= 15 is 0 Å². The number of hydrogen-bond donors (Lipinski definition) is 1. The molecule has 0 aromatic heterocycles. The van der Waals surface area contributed by atoms with Crippen molar-refractivity contribution in [3.05, 3.63) is 70.5 Å². The molecule has 0 amide bonds. The summed E-state index contributed by atoms with van der Waals surface area (Å²) in [5.74, 6) is 0.107. The van der Waals surface area contributed by atoms with Crippen LogP contribution in [0.5, 0.6) is 0 Å². The Morgan fingerprint density at radius 1 is 0.966 bits per heavy atom. The van der Waals surface area contributed by atoms with Crippen LogP contribution < -0.4 is 0 Å². The maximum Gasteiger partial charge on any atom is 0.123 e. The van der Waals surface area contributed by atoms with Gasteiger partial charge in [0.1, 0.15) is 5.82 Å². The number of rotatable bonds is 4. The van der Waals surface area contributed by atoms with Crippen LogP contribution in [0.4, 0.5) is 4.39 Å². The van der Waals surface area contributed by atoms with Crippen LogP contribution in [-0.2, 0) is 11.2 Å². The first-order valence-corrected chi connectivity index (χ1v) is 10.8. The second-order valence-corrected chi connectivity index (χ2v) is 8.61. The lowest BCUT2D eigenvalue weighted by Crippen LogP contribution is -2.49. The molecule has 3 aliphatic rings. The molecule has 3 atom stereocenters. The van der Waals surface area contributed by atoms with Gasteiger partial charge in [0.25, 0.3) is 0 Å². The molecule has 5 heteroatoms. The van der Waals surface area contributed by atoms with Crippen LogP contribution in [0.2, 0.25) is 0 Å². The number of ether oxygens (including phenoxy) is 1. The van der Waals surface area contributed by atoms with Crippen LogP contribution in [0.1, 0.15) is 40.7 Å². The Labute approximate surface area is 171 Å². The highest BCUT2D eigenvalue weighted by molar-refractivity contribution is 5.45. The Hall–Kier alpha value is -1.79.